The normalized spacial score (nSPS) is 15.8. The zero-order valence-electron chi connectivity index (χ0n) is 11.1. The van der Waals surface area contributed by atoms with Gasteiger partial charge in [-0.05, 0) is 41.4 Å². The number of benzene rings is 1. The van der Waals surface area contributed by atoms with Crippen LogP contribution in [0, 0.1) is 11.3 Å². The van der Waals surface area contributed by atoms with Crippen LogP contribution in [-0.4, -0.2) is 5.11 Å². The molecule has 2 atom stereocenters. The Morgan fingerprint density at radius 2 is 1.56 bits per heavy atom. The Labute approximate surface area is 99.5 Å². The fourth-order valence-electron chi connectivity index (χ4n) is 2.25. The van der Waals surface area contributed by atoms with Gasteiger partial charge in [0, 0.05) is 0 Å². The van der Waals surface area contributed by atoms with Crippen LogP contribution in [0.1, 0.15) is 52.5 Å². The molecular formula is C15H24O. The first-order chi connectivity index (χ1) is 7.29. The van der Waals surface area contributed by atoms with E-state index in [-0.39, 0.29) is 0 Å². The van der Waals surface area contributed by atoms with Crippen LogP contribution in [0.25, 0.3) is 0 Å². The molecule has 0 aliphatic heterocycles. The van der Waals surface area contributed by atoms with Crippen molar-refractivity contribution in [3.63, 3.8) is 0 Å². The quantitative estimate of drug-likeness (QED) is 0.791. The molecule has 1 N–H and O–H groups in total. The minimum atomic E-state index is 0.347. The molecule has 0 amide bonds. The van der Waals surface area contributed by atoms with Crippen LogP contribution >= 0.6 is 0 Å². The minimum absolute atomic E-state index is 0.347. The van der Waals surface area contributed by atoms with E-state index in [1.807, 2.05) is 12.1 Å². The molecule has 0 heterocycles. The van der Waals surface area contributed by atoms with Crippen molar-refractivity contribution >= 4 is 0 Å². The number of hydrogen-bond acceptors (Lipinski definition) is 1. The highest BCUT2D eigenvalue weighted by Crippen LogP contribution is 2.34. The van der Waals surface area contributed by atoms with Crippen LogP contribution in [-0.2, 0) is 0 Å². The third-order valence-electron chi connectivity index (χ3n) is 3.21. The largest absolute Gasteiger partial charge is 0.508 e. The molecule has 0 fully saturated rings. The summed E-state index contributed by atoms with van der Waals surface area (Å²) in [6.45, 7) is 11.4. The van der Waals surface area contributed by atoms with Gasteiger partial charge in [-0.2, -0.15) is 0 Å². The summed E-state index contributed by atoms with van der Waals surface area (Å²) < 4.78 is 0. The summed E-state index contributed by atoms with van der Waals surface area (Å²) >= 11 is 0. The molecule has 1 heteroatoms. The number of aromatic hydroxyl groups is 1. The van der Waals surface area contributed by atoms with E-state index in [1.165, 1.54) is 12.0 Å². The van der Waals surface area contributed by atoms with Crippen LogP contribution in [0.5, 0.6) is 5.75 Å². The van der Waals surface area contributed by atoms with Crippen molar-refractivity contribution in [1.82, 2.24) is 0 Å². The number of hydrogen-bond donors (Lipinski definition) is 1. The zero-order valence-corrected chi connectivity index (χ0v) is 11.1. The molecule has 1 aromatic rings. The minimum Gasteiger partial charge on any atom is -0.508 e. The van der Waals surface area contributed by atoms with Gasteiger partial charge >= 0.3 is 0 Å². The first kappa shape index (κ1) is 13.1. The van der Waals surface area contributed by atoms with Crippen LogP contribution in [0.4, 0.5) is 0 Å². The molecule has 0 saturated heterocycles. The van der Waals surface area contributed by atoms with Gasteiger partial charge in [0.05, 0.1) is 0 Å². The van der Waals surface area contributed by atoms with Crippen molar-refractivity contribution in [3.8, 4) is 5.75 Å². The first-order valence-electron chi connectivity index (χ1n) is 6.08. The van der Waals surface area contributed by atoms with Gasteiger partial charge in [-0.1, -0.05) is 46.8 Å². The molecule has 0 saturated carbocycles. The Balaban J connectivity index is 2.70. The van der Waals surface area contributed by atoms with Crippen molar-refractivity contribution in [3.05, 3.63) is 29.8 Å². The summed E-state index contributed by atoms with van der Waals surface area (Å²) in [6, 6.07) is 7.60. The first-order valence-corrected chi connectivity index (χ1v) is 6.08. The van der Waals surface area contributed by atoms with Gasteiger partial charge in [0.15, 0.2) is 0 Å². The average molecular weight is 220 g/mol. The Kier molecular flexibility index (Phi) is 4.01. The van der Waals surface area contributed by atoms with Gasteiger partial charge in [0.25, 0.3) is 0 Å². The summed E-state index contributed by atoms with van der Waals surface area (Å²) in [5, 5.41) is 9.26. The highest BCUT2D eigenvalue weighted by atomic mass is 16.3. The Morgan fingerprint density at radius 1 is 1.06 bits per heavy atom. The summed E-state index contributed by atoms with van der Waals surface area (Å²) in [5.41, 5.74) is 1.69. The number of phenols is 1. The highest BCUT2D eigenvalue weighted by molar-refractivity contribution is 5.28. The summed E-state index contributed by atoms with van der Waals surface area (Å²) in [6.07, 6.45) is 1.22. The maximum Gasteiger partial charge on any atom is 0.115 e. The summed E-state index contributed by atoms with van der Waals surface area (Å²) in [5.74, 6) is 1.55. The van der Waals surface area contributed by atoms with E-state index in [0.29, 0.717) is 23.0 Å². The fraction of sp³-hybridized carbons (Fsp3) is 0.600. The lowest BCUT2D eigenvalue weighted by atomic mass is 9.78. The van der Waals surface area contributed by atoms with E-state index < -0.39 is 0 Å². The van der Waals surface area contributed by atoms with Crippen LogP contribution in [0.15, 0.2) is 24.3 Å². The molecule has 0 aliphatic carbocycles. The molecule has 1 aromatic carbocycles. The lowest BCUT2D eigenvalue weighted by Gasteiger charge is -2.28. The van der Waals surface area contributed by atoms with E-state index in [9.17, 15) is 5.11 Å². The smallest absolute Gasteiger partial charge is 0.115 e. The second-order valence-electron chi connectivity index (χ2n) is 6.12. The molecule has 0 aliphatic rings. The molecular weight excluding hydrogens is 196 g/mol. The predicted octanol–water partition coefficient (Wildman–Crippen LogP) is 4.57. The fourth-order valence-corrected chi connectivity index (χ4v) is 2.25. The van der Waals surface area contributed by atoms with Gasteiger partial charge in [-0.15, -0.1) is 0 Å². The van der Waals surface area contributed by atoms with Crippen molar-refractivity contribution in [2.45, 2.75) is 47.0 Å². The zero-order chi connectivity index (χ0) is 12.3. The van der Waals surface area contributed by atoms with Crippen molar-refractivity contribution < 1.29 is 5.11 Å². The van der Waals surface area contributed by atoms with E-state index in [0.717, 1.165) is 0 Å². The van der Waals surface area contributed by atoms with E-state index in [2.05, 4.69) is 34.6 Å². The molecule has 0 spiro atoms. The monoisotopic (exact) mass is 220 g/mol. The third kappa shape index (κ3) is 3.88. The maximum absolute atomic E-state index is 9.26. The lowest BCUT2D eigenvalue weighted by molar-refractivity contribution is 0.283. The number of phenolic OH excluding ortho intramolecular Hbond substituents is 1. The lowest BCUT2D eigenvalue weighted by Crippen LogP contribution is -2.15. The highest BCUT2D eigenvalue weighted by Gasteiger charge is 2.20. The Bertz CT molecular complexity index is 318. The topological polar surface area (TPSA) is 20.2 Å². The predicted molar refractivity (Wildman–Crippen MR) is 69.8 cm³/mol. The molecule has 16 heavy (non-hydrogen) atoms. The average Bonchev–Trinajstić information content (AvgIpc) is 2.15. The van der Waals surface area contributed by atoms with E-state index in [1.54, 1.807) is 12.1 Å². The number of rotatable bonds is 3. The standard InChI is InChI=1S/C15H24O/c1-11(10-15(3,4)5)12(2)13-6-8-14(16)9-7-13/h6-9,11-12,16H,10H2,1-5H3. The van der Waals surface area contributed by atoms with Gasteiger partial charge in [0.1, 0.15) is 5.75 Å². The molecule has 2 unspecified atom stereocenters. The second kappa shape index (κ2) is 4.90. The molecule has 1 rings (SSSR count). The van der Waals surface area contributed by atoms with E-state index >= 15 is 0 Å². The van der Waals surface area contributed by atoms with Crippen LogP contribution in [0.2, 0.25) is 0 Å². The van der Waals surface area contributed by atoms with Gasteiger partial charge < -0.3 is 5.11 Å². The maximum atomic E-state index is 9.26. The van der Waals surface area contributed by atoms with Crippen molar-refractivity contribution in [2.75, 3.05) is 0 Å². The van der Waals surface area contributed by atoms with Crippen LogP contribution < -0.4 is 0 Å². The van der Waals surface area contributed by atoms with E-state index in [4.69, 9.17) is 0 Å². The van der Waals surface area contributed by atoms with Crippen molar-refractivity contribution in [1.29, 1.82) is 0 Å². The Morgan fingerprint density at radius 3 is 2.00 bits per heavy atom. The molecule has 1 nitrogen and oxygen atoms in total. The van der Waals surface area contributed by atoms with Crippen LogP contribution in [0.3, 0.4) is 0 Å². The summed E-state index contributed by atoms with van der Waals surface area (Å²) in [4.78, 5) is 0. The third-order valence-corrected chi connectivity index (χ3v) is 3.21. The summed E-state index contributed by atoms with van der Waals surface area (Å²) in [7, 11) is 0. The SMILES string of the molecule is CC(CC(C)(C)C)C(C)c1ccc(O)cc1. The van der Waals surface area contributed by atoms with Gasteiger partial charge in [-0.25, -0.2) is 0 Å². The Hall–Kier alpha value is -0.980. The van der Waals surface area contributed by atoms with Gasteiger partial charge in [-0.3, -0.25) is 0 Å². The molecule has 0 radical (unpaired) electrons. The molecule has 0 aromatic heterocycles. The van der Waals surface area contributed by atoms with Gasteiger partial charge in [0.2, 0.25) is 0 Å². The van der Waals surface area contributed by atoms with Crippen molar-refractivity contribution in [2.24, 2.45) is 11.3 Å². The molecule has 90 valence electrons. The molecule has 0 bridgehead atoms. The second-order valence-corrected chi connectivity index (χ2v) is 6.12.